The molecule has 2 unspecified atom stereocenters. The Labute approximate surface area is 528 Å². The lowest BCUT2D eigenvalue weighted by Gasteiger charge is -2.34. The van der Waals surface area contributed by atoms with Crippen LogP contribution in [0, 0.1) is 21.7 Å². The Kier molecular flexibility index (Phi) is 33.7. The molecule has 44 heteroatoms. The van der Waals surface area contributed by atoms with Gasteiger partial charge in [-0.2, -0.15) is 61.5 Å². The third-order valence-corrected chi connectivity index (χ3v) is 16.3. The van der Waals surface area contributed by atoms with Crippen molar-refractivity contribution in [1.29, 1.82) is 0 Å². The summed E-state index contributed by atoms with van der Waals surface area (Å²) >= 11 is 0. The van der Waals surface area contributed by atoms with Gasteiger partial charge in [0.2, 0.25) is 0 Å². The fourth-order valence-corrected chi connectivity index (χ4v) is 6.10. The molecule has 0 radical (unpaired) electrons. The molecule has 0 aromatic heterocycles. The molecule has 26 nitrogen and oxygen atoms in total. The molecule has 0 spiro atoms. The van der Waals surface area contributed by atoms with Crippen LogP contribution in [0.15, 0.2) is 0 Å². The van der Waals surface area contributed by atoms with E-state index in [1.54, 1.807) is 20.8 Å². The lowest BCUT2D eigenvalue weighted by atomic mass is 9.90. The molecule has 0 saturated carbocycles. The van der Waals surface area contributed by atoms with Crippen LogP contribution in [0.2, 0.25) is 0 Å². The van der Waals surface area contributed by atoms with Gasteiger partial charge in [-0.15, -0.1) is 0 Å². The number of carbonyl (C=O) groups is 6. The monoisotopic (exact) mass is 1470 g/mol. The van der Waals surface area contributed by atoms with Crippen molar-refractivity contribution in [3.05, 3.63) is 0 Å². The van der Waals surface area contributed by atoms with E-state index in [9.17, 15) is 142 Å². The van der Waals surface area contributed by atoms with Crippen LogP contribution in [0.25, 0.3) is 0 Å². The fourth-order valence-electron chi connectivity index (χ4n) is 4.54. The van der Waals surface area contributed by atoms with Crippen LogP contribution >= 0.6 is 0 Å². The van der Waals surface area contributed by atoms with Crippen molar-refractivity contribution in [2.75, 3.05) is 33.0 Å². The minimum Gasteiger partial charge on any atom is -0.743 e. The highest BCUT2D eigenvalue weighted by atomic mass is 32.2. The summed E-state index contributed by atoms with van der Waals surface area (Å²) in [7, 11) is -25.7. The topological polar surface area (TPSA) is 405 Å². The minimum absolute atomic E-state index is 0.188. The van der Waals surface area contributed by atoms with Gasteiger partial charge in [-0.3, -0.25) is 19.2 Å². The van der Waals surface area contributed by atoms with Gasteiger partial charge in [0.15, 0.2) is 53.7 Å². The molecule has 554 valence electrons. The fraction of sp³-hybridized carbons (Fsp3) is 0.878. The first kappa shape index (κ1) is 94.8. The van der Waals surface area contributed by atoms with Crippen molar-refractivity contribution in [3.63, 3.8) is 0 Å². The van der Waals surface area contributed by atoms with Gasteiger partial charge in [0.25, 0.3) is 0 Å². The van der Waals surface area contributed by atoms with E-state index in [-0.39, 0.29) is 25.9 Å². The van der Waals surface area contributed by atoms with E-state index in [1.807, 2.05) is 0 Å². The third kappa shape index (κ3) is 27.4. The van der Waals surface area contributed by atoms with E-state index in [0.717, 1.165) is 13.8 Å². The second-order valence-corrected chi connectivity index (χ2v) is 29.1. The molecule has 0 saturated heterocycles. The highest BCUT2D eigenvalue weighted by Gasteiger charge is 2.64. The maximum absolute atomic E-state index is 13.6. The zero-order valence-electron chi connectivity index (χ0n) is 53.3. The van der Waals surface area contributed by atoms with Crippen molar-refractivity contribution in [2.45, 2.75) is 219 Å². The summed E-state index contributed by atoms with van der Waals surface area (Å²) in [5.74, 6) is -27.7. The van der Waals surface area contributed by atoms with E-state index < -0.39 is 193 Å². The average molecular weight is 1480 g/mol. The molecule has 0 heterocycles. The van der Waals surface area contributed by atoms with Gasteiger partial charge in [0.05, 0.1) is 41.5 Å². The first-order valence-corrected chi connectivity index (χ1v) is 32.1. The van der Waals surface area contributed by atoms with Gasteiger partial charge in [0.1, 0.15) is 5.60 Å². The van der Waals surface area contributed by atoms with Gasteiger partial charge in [0, 0.05) is 26.7 Å². The Morgan fingerprint density at radius 1 is 0.333 bits per heavy atom. The summed E-state index contributed by atoms with van der Waals surface area (Å²) in [6, 6.07) is 0. The van der Waals surface area contributed by atoms with Crippen LogP contribution in [0.5, 0.6) is 0 Å². The molecule has 0 aliphatic rings. The summed E-state index contributed by atoms with van der Waals surface area (Å²) in [4.78, 5) is 71.5. The number of hydrogen-bond acceptors (Lipinski definition) is 26. The van der Waals surface area contributed by atoms with E-state index in [2.05, 4.69) is 14.2 Å². The molecule has 0 bridgehead atoms. The van der Waals surface area contributed by atoms with Crippen LogP contribution in [-0.4, -0.2) is 177 Å². The van der Waals surface area contributed by atoms with Crippen LogP contribution in [0.1, 0.15) is 163 Å². The summed E-state index contributed by atoms with van der Waals surface area (Å²) in [6.07, 6.45) is -2.85. The Hall–Kier alpha value is -4.60. The van der Waals surface area contributed by atoms with Crippen LogP contribution in [0.4, 0.5) is 61.5 Å². The highest BCUT2D eigenvalue weighted by molar-refractivity contribution is 7.87. The first-order chi connectivity index (χ1) is 40.5. The van der Waals surface area contributed by atoms with Crippen LogP contribution < -0.4 is 0 Å². The quantitative estimate of drug-likeness (QED) is 0.0200. The molecule has 0 aromatic rings. The molecule has 0 aromatic carbocycles. The molecule has 0 fully saturated rings. The number of carbonyl (C=O) groups excluding carboxylic acids is 6. The van der Waals surface area contributed by atoms with Gasteiger partial charge >= 0.3 is 86.2 Å². The highest BCUT2D eigenvalue weighted by Crippen LogP contribution is 2.43. The normalized spacial score (nSPS) is 15.1. The van der Waals surface area contributed by atoms with E-state index >= 15 is 0 Å². The number of rotatable bonds is 32. The minimum atomic E-state index is -6.67. The second-order valence-electron chi connectivity index (χ2n) is 23.3. The van der Waals surface area contributed by atoms with Gasteiger partial charge < -0.3 is 56.1 Å². The summed E-state index contributed by atoms with van der Waals surface area (Å²) in [5.41, 5.74) is -5.50. The molecule has 93 heavy (non-hydrogen) atoms. The van der Waals surface area contributed by atoms with Crippen LogP contribution in [0.3, 0.4) is 0 Å². The zero-order chi connectivity index (χ0) is 75.9. The number of halogens is 14. The molecular weight excluding hydrogens is 1400 g/mol. The predicted molar refractivity (Wildman–Crippen MR) is 284 cm³/mol. The standard InChI is InChI=1S/C17H28F4O8S.C15H24F4O8S.C9H14F4O5S.C8H14F2O5S/c1-8-14(5,6)11(22)29-15(7,12(23)28-13(2,3)4)27-10-9-16(18,19)17(20,21)30(24,25)26;1-6-12(3,4)10(20)27-13(5,11(21)25-7-2)26-9-8-14(16,17)15(18,19)28(22,23)24;1-4-7(2,3)6(14)18-5-8(10,11)9(12,13)19(15,16)17;1-4-7(2,3)6(11)15-5-8(9,10)16(12,13)14/h8-10H2,1-7H3,(H,24,25,26);6-9H2,1-5H3,(H,22,23,24);4-5H2,1-3H3,(H,15,16,17);4-5H2,1-3H3,(H,12,13,14)/p-4. The first-order valence-electron chi connectivity index (χ1n) is 26.5. The van der Waals surface area contributed by atoms with E-state index in [1.165, 1.54) is 90.0 Å². The lowest BCUT2D eigenvalue weighted by molar-refractivity contribution is -0.254. The van der Waals surface area contributed by atoms with E-state index in [0.29, 0.717) is 6.42 Å². The average Bonchev–Trinajstić information content (AvgIpc) is 0.795. The second kappa shape index (κ2) is 33.1. The van der Waals surface area contributed by atoms with Gasteiger partial charge in [-0.25, -0.2) is 43.3 Å². The van der Waals surface area contributed by atoms with Crippen molar-refractivity contribution in [2.24, 2.45) is 21.7 Å². The summed E-state index contributed by atoms with van der Waals surface area (Å²) < 4.78 is 344. The number of alkyl halides is 14. The zero-order valence-corrected chi connectivity index (χ0v) is 56.6. The Morgan fingerprint density at radius 3 is 0.839 bits per heavy atom. The largest absolute Gasteiger partial charge is 0.743 e. The molecule has 0 N–H and O–H groups in total. The Morgan fingerprint density at radius 2 is 0.591 bits per heavy atom. The smallest absolute Gasteiger partial charge is 0.399 e. The maximum atomic E-state index is 13.6. The number of hydrogen-bond donors (Lipinski definition) is 0. The molecule has 0 aliphatic carbocycles. The van der Waals surface area contributed by atoms with Crippen molar-refractivity contribution < 1.29 is 180 Å². The van der Waals surface area contributed by atoms with Gasteiger partial charge in [-0.1, -0.05) is 27.7 Å². The lowest BCUT2D eigenvalue weighted by Crippen LogP contribution is -2.51. The Balaban J connectivity index is -0.000000585. The SMILES string of the molecule is CCC(C)(C)C(=O)OC(C)(OCCC(F)(F)C(F)(F)S(=O)(=O)[O-])C(=O)OC(C)(C)C.CCC(C)(C)C(=O)OCC(F)(F)C(F)(F)S(=O)(=O)[O-].CCC(C)(C)C(=O)OCC(F)(F)S(=O)(=O)[O-].CCOC(=O)C(C)(OCCC(F)(F)C(F)(F)S(=O)(=O)[O-])OC(=O)C(C)(C)CC. The van der Waals surface area contributed by atoms with E-state index in [4.69, 9.17) is 23.7 Å². The number of ether oxygens (including phenoxy) is 8. The third-order valence-electron chi connectivity index (χ3n) is 12.7. The molecule has 0 amide bonds. The summed E-state index contributed by atoms with van der Waals surface area (Å²) in [5, 5.41) is -22.2. The Bertz CT molecular complexity index is 3010. The molecule has 0 aliphatic heterocycles. The van der Waals surface area contributed by atoms with Crippen molar-refractivity contribution >= 4 is 76.3 Å². The van der Waals surface area contributed by atoms with Crippen molar-refractivity contribution in [1.82, 2.24) is 0 Å². The predicted octanol–water partition coefficient (Wildman–Crippen LogP) is 8.47. The molecular formula is C49H76F14O26S4-4. The molecule has 0 rings (SSSR count). The van der Waals surface area contributed by atoms with Crippen LogP contribution in [-0.2, 0) is 107 Å². The molecule has 2 atom stereocenters. The number of esters is 6. The summed E-state index contributed by atoms with van der Waals surface area (Å²) in [6.45, 7) is 18.5. The maximum Gasteiger partial charge on any atom is 0.399 e. The van der Waals surface area contributed by atoms with Crippen molar-refractivity contribution in [3.8, 4) is 0 Å². The van der Waals surface area contributed by atoms with Gasteiger partial charge in [-0.05, 0) is 109 Å².